The van der Waals surface area contributed by atoms with E-state index < -0.39 is 0 Å². The molecule has 1 atom stereocenters. The van der Waals surface area contributed by atoms with Gasteiger partial charge in [-0.1, -0.05) is 26.2 Å². The van der Waals surface area contributed by atoms with E-state index in [1.165, 1.54) is 38.8 Å². The Morgan fingerprint density at radius 3 is 2.43 bits per heavy atom. The van der Waals surface area contributed by atoms with E-state index in [0.29, 0.717) is 17.8 Å². The van der Waals surface area contributed by atoms with Crippen molar-refractivity contribution in [2.45, 2.75) is 77.9 Å². The Balaban J connectivity index is 1.73. The average Bonchev–Trinajstić information content (AvgIpc) is 2.90. The molecule has 0 amide bonds. The van der Waals surface area contributed by atoms with Gasteiger partial charge in [-0.15, -0.1) is 0 Å². The monoisotopic (exact) mass is 418 g/mol. The van der Waals surface area contributed by atoms with Crippen molar-refractivity contribution in [3.63, 3.8) is 0 Å². The fourth-order valence-electron chi connectivity index (χ4n) is 4.16. The van der Waals surface area contributed by atoms with Gasteiger partial charge in [0.25, 0.3) is 6.01 Å². The zero-order valence-corrected chi connectivity index (χ0v) is 19.1. The number of hydrogen-bond donors (Lipinski definition) is 1. The predicted octanol–water partition coefficient (Wildman–Crippen LogP) is 4.10. The second-order valence-electron chi connectivity index (χ2n) is 8.21. The maximum atomic E-state index is 5.97. The van der Waals surface area contributed by atoms with Gasteiger partial charge in [-0.2, -0.15) is 15.0 Å². The van der Waals surface area contributed by atoms with E-state index in [-0.39, 0.29) is 6.10 Å². The standard InChI is InChI=1S/C22H38N6O2/c1-5-12-17(2)30-21-25-19(23-3)18-20(26-21)28(22(24-18)29-4)16-11-10-15-27-13-8-6-7-9-14-27/h17H,5-16H2,1-4H3,(H,23,25,26)/t17-/m0/s1. The first kappa shape index (κ1) is 22.6. The van der Waals surface area contributed by atoms with Gasteiger partial charge in [0.05, 0.1) is 13.2 Å². The van der Waals surface area contributed by atoms with Crippen LogP contribution < -0.4 is 14.8 Å². The van der Waals surface area contributed by atoms with Crippen molar-refractivity contribution in [2.24, 2.45) is 0 Å². The second kappa shape index (κ2) is 11.3. The van der Waals surface area contributed by atoms with Gasteiger partial charge >= 0.3 is 6.01 Å². The molecule has 3 heterocycles. The van der Waals surface area contributed by atoms with Gasteiger partial charge in [0, 0.05) is 13.6 Å². The number of hydrogen-bond acceptors (Lipinski definition) is 7. The molecule has 1 saturated heterocycles. The minimum atomic E-state index is 0.0732. The minimum Gasteiger partial charge on any atom is -0.468 e. The molecule has 0 saturated carbocycles. The van der Waals surface area contributed by atoms with Crippen LogP contribution in [0.3, 0.4) is 0 Å². The molecule has 0 aromatic carbocycles. The van der Waals surface area contributed by atoms with E-state index in [0.717, 1.165) is 49.9 Å². The van der Waals surface area contributed by atoms with Crippen LogP contribution in [0.1, 0.15) is 65.2 Å². The van der Waals surface area contributed by atoms with Crippen molar-refractivity contribution >= 4 is 17.0 Å². The van der Waals surface area contributed by atoms with E-state index in [1.54, 1.807) is 7.11 Å². The molecule has 0 aliphatic carbocycles. The van der Waals surface area contributed by atoms with Crippen LogP contribution in [0.2, 0.25) is 0 Å². The van der Waals surface area contributed by atoms with Gasteiger partial charge < -0.3 is 19.7 Å². The second-order valence-corrected chi connectivity index (χ2v) is 8.21. The van der Waals surface area contributed by atoms with E-state index in [2.05, 4.69) is 38.6 Å². The Morgan fingerprint density at radius 1 is 1.03 bits per heavy atom. The molecule has 0 radical (unpaired) electrons. The van der Waals surface area contributed by atoms with Crippen molar-refractivity contribution < 1.29 is 9.47 Å². The van der Waals surface area contributed by atoms with Crippen LogP contribution in [0.5, 0.6) is 12.0 Å². The SMILES string of the molecule is CCC[C@H](C)Oc1nc(NC)c2nc(OC)n(CCCCN3CCCCCC3)c2n1. The van der Waals surface area contributed by atoms with E-state index in [9.17, 15) is 0 Å². The van der Waals surface area contributed by atoms with Gasteiger partial charge in [-0.05, 0) is 58.7 Å². The summed E-state index contributed by atoms with van der Waals surface area (Å²) in [6.45, 7) is 8.66. The predicted molar refractivity (Wildman–Crippen MR) is 121 cm³/mol. The highest BCUT2D eigenvalue weighted by atomic mass is 16.5. The summed E-state index contributed by atoms with van der Waals surface area (Å²) in [5.74, 6) is 0.667. The number of likely N-dealkylation sites (tertiary alicyclic amines) is 1. The zero-order valence-electron chi connectivity index (χ0n) is 19.1. The molecule has 1 aliphatic heterocycles. The molecule has 3 rings (SSSR count). The number of ether oxygens (including phenoxy) is 2. The van der Waals surface area contributed by atoms with Crippen molar-refractivity contribution in [2.75, 3.05) is 39.1 Å². The number of aryl methyl sites for hydroxylation is 1. The summed E-state index contributed by atoms with van der Waals surface area (Å²) in [6.07, 6.45) is 9.74. The van der Waals surface area contributed by atoms with Crippen molar-refractivity contribution in [1.82, 2.24) is 24.4 Å². The Kier molecular flexibility index (Phi) is 8.54. The molecular formula is C22H38N6O2. The maximum Gasteiger partial charge on any atom is 0.320 e. The number of nitrogens with zero attached hydrogens (tertiary/aromatic N) is 5. The first-order chi connectivity index (χ1) is 14.7. The molecule has 2 aromatic heterocycles. The third-order valence-corrected chi connectivity index (χ3v) is 5.77. The fraction of sp³-hybridized carbons (Fsp3) is 0.773. The topological polar surface area (TPSA) is 77.3 Å². The van der Waals surface area contributed by atoms with Crippen molar-refractivity contribution in [3.05, 3.63) is 0 Å². The molecule has 0 spiro atoms. The average molecular weight is 419 g/mol. The summed E-state index contributed by atoms with van der Waals surface area (Å²) in [5, 5.41) is 3.13. The maximum absolute atomic E-state index is 5.97. The number of nitrogens with one attached hydrogen (secondary N) is 1. The highest BCUT2D eigenvalue weighted by Crippen LogP contribution is 2.27. The summed E-state index contributed by atoms with van der Waals surface area (Å²) < 4.78 is 13.6. The first-order valence-electron chi connectivity index (χ1n) is 11.5. The number of aromatic nitrogens is 4. The smallest absolute Gasteiger partial charge is 0.320 e. The Labute approximate surface area is 180 Å². The third kappa shape index (κ3) is 5.74. The quantitative estimate of drug-likeness (QED) is 0.551. The summed E-state index contributed by atoms with van der Waals surface area (Å²) in [4.78, 5) is 16.4. The van der Waals surface area contributed by atoms with Crippen LogP contribution in [-0.2, 0) is 6.54 Å². The summed E-state index contributed by atoms with van der Waals surface area (Å²) >= 11 is 0. The molecule has 8 heteroatoms. The molecule has 0 unspecified atom stereocenters. The number of rotatable bonds is 11. The van der Waals surface area contributed by atoms with Gasteiger partial charge in [0.1, 0.15) is 0 Å². The lowest BCUT2D eigenvalue weighted by atomic mass is 10.2. The number of fused-ring (bicyclic) bond motifs is 1. The lowest BCUT2D eigenvalue weighted by molar-refractivity contribution is 0.193. The molecule has 8 nitrogen and oxygen atoms in total. The largest absolute Gasteiger partial charge is 0.468 e. The first-order valence-corrected chi connectivity index (χ1v) is 11.5. The Hall–Kier alpha value is -2.09. The normalized spacial score (nSPS) is 16.4. The Morgan fingerprint density at radius 2 is 1.77 bits per heavy atom. The van der Waals surface area contributed by atoms with Crippen LogP contribution in [0.25, 0.3) is 11.2 Å². The van der Waals surface area contributed by atoms with Crippen LogP contribution in [0.4, 0.5) is 5.82 Å². The minimum absolute atomic E-state index is 0.0732. The number of anilines is 1. The van der Waals surface area contributed by atoms with E-state index in [1.807, 2.05) is 7.05 Å². The van der Waals surface area contributed by atoms with Crippen molar-refractivity contribution in [1.29, 1.82) is 0 Å². The molecule has 2 aromatic rings. The van der Waals surface area contributed by atoms with Gasteiger partial charge in [0.15, 0.2) is 17.0 Å². The summed E-state index contributed by atoms with van der Waals surface area (Å²) in [5.41, 5.74) is 1.48. The van der Waals surface area contributed by atoms with Crippen LogP contribution in [0.15, 0.2) is 0 Å². The summed E-state index contributed by atoms with van der Waals surface area (Å²) in [6, 6.07) is 0.963. The lowest BCUT2D eigenvalue weighted by Gasteiger charge is -2.19. The zero-order chi connectivity index (χ0) is 21.3. The highest BCUT2D eigenvalue weighted by molar-refractivity contribution is 5.84. The number of unbranched alkanes of at least 4 members (excludes halogenated alkanes) is 1. The van der Waals surface area contributed by atoms with Crippen LogP contribution in [-0.4, -0.2) is 64.3 Å². The Bertz CT molecular complexity index is 786. The molecule has 1 fully saturated rings. The number of methoxy groups -OCH3 is 1. The van der Waals surface area contributed by atoms with Crippen molar-refractivity contribution in [3.8, 4) is 12.0 Å². The lowest BCUT2D eigenvalue weighted by Crippen LogP contribution is -2.25. The molecule has 0 bridgehead atoms. The van der Waals surface area contributed by atoms with Gasteiger partial charge in [0.2, 0.25) is 0 Å². The van der Waals surface area contributed by atoms with Gasteiger partial charge in [-0.25, -0.2) is 0 Å². The van der Waals surface area contributed by atoms with E-state index in [4.69, 9.17) is 14.5 Å². The number of imidazole rings is 1. The van der Waals surface area contributed by atoms with Crippen LogP contribution >= 0.6 is 0 Å². The molecule has 1 N–H and O–H groups in total. The summed E-state index contributed by atoms with van der Waals surface area (Å²) in [7, 11) is 3.50. The highest BCUT2D eigenvalue weighted by Gasteiger charge is 2.19. The molecular weight excluding hydrogens is 380 g/mol. The fourth-order valence-corrected chi connectivity index (χ4v) is 4.16. The molecule has 1 aliphatic rings. The third-order valence-electron chi connectivity index (χ3n) is 5.77. The van der Waals surface area contributed by atoms with E-state index >= 15 is 0 Å². The molecule has 168 valence electrons. The van der Waals surface area contributed by atoms with Gasteiger partial charge in [-0.3, -0.25) is 4.57 Å². The van der Waals surface area contributed by atoms with Crippen LogP contribution in [0, 0.1) is 0 Å². The molecule has 30 heavy (non-hydrogen) atoms.